The van der Waals surface area contributed by atoms with Gasteiger partial charge in [-0.15, -0.1) is 23.5 Å². The first-order valence-electron chi connectivity index (χ1n) is 7.83. The minimum absolute atomic E-state index is 0.213. The average Bonchev–Trinajstić information content (AvgIpc) is 2.55. The zero-order valence-electron chi connectivity index (χ0n) is 15.4. The average molecular weight is 387 g/mol. The maximum Gasteiger partial charge on any atom is 0.315 e. The van der Waals surface area contributed by atoms with Crippen LogP contribution in [0.4, 0.5) is 0 Å². The molecule has 1 N–H and O–H groups in total. The lowest BCUT2D eigenvalue weighted by atomic mass is 9.84. The number of benzene rings is 1. The summed E-state index contributed by atoms with van der Waals surface area (Å²) in [6.45, 7) is 6.12. The quantitative estimate of drug-likeness (QED) is 0.686. The maximum atomic E-state index is 11.3. The van der Waals surface area contributed by atoms with Crippen LogP contribution < -0.4 is 0 Å². The highest BCUT2D eigenvalue weighted by Gasteiger charge is 2.21. The molecular formula is C18H26O5S2. The normalized spacial score (nSPS) is 11.2. The van der Waals surface area contributed by atoms with Crippen LogP contribution in [-0.4, -0.2) is 42.8 Å². The van der Waals surface area contributed by atoms with Crippen LogP contribution in [0.3, 0.4) is 0 Å². The molecule has 0 aromatic heterocycles. The van der Waals surface area contributed by atoms with Crippen molar-refractivity contribution in [1.82, 2.24) is 0 Å². The van der Waals surface area contributed by atoms with Crippen molar-refractivity contribution in [2.45, 2.75) is 37.7 Å². The molecule has 0 radical (unpaired) electrons. The van der Waals surface area contributed by atoms with Gasteiger partial charge in [-0.25, -0.2) is 0 Å². The van der Waals surface area contributed by atoms with Gasteiger partial charge in [0.25, 0.3) is 0 Å². The topological polar surface area (TPSA) is 72.8 Å². The molecule has 0 unspecified atom stereocenters. The van der Waals surface area contributed by atoms with Crippen molar-refractivity contribution in [2.75, 3.05) is 25.7 Å². The number of ether oxygens (including phenoxy) is 2. The first-order valence-corrected chi connectivity index (χ1v) is 10.1. The van der Waals surface area contributed by atoms with E-state index in [1.54, 1.807) is 0 Å². The van der Waals surface area contributed by atoms with Crippen molar-refractivity contribution in [3.05, 3.63) is 28.8 Å². The lowest BCUT2D eigenvalue weighted by Gasteiger charge is -2.23. The summed E-state index contributed by atoms with van der Waals surface area (Å²) in [6.07, 6.45) is 0. The van der Waals surface area contributed by atoms with Crippen LogP contribution in [0.5, 0.6) is 5.75 Å². The van der Waals surface area contributed by atoms with Gasteiger partial charge in [-0.05, 0) is 16.5 Å². The molecule has 0 amide bonds. The van der Waals surface area contributed by atoms with Crippen molar-refractivity contribution in [3.63, 3.8) is 0 Å². The molecule has 0 aliphatic heterocycles. The van der Waals surface area contributed by atoms with E-state index in [0.29, 0.717) is 11.5 Å². The molecule has 140 valence electrons. The van der Waals surface area contributed by atoms with Crippen molar-refractivity contribution in [1.29, 1.82) is 0 Å². The fourth-order valence-corrected chi connectivity index (χ4v) is 3.76. The molecule has 0 fully saturated rings. The number of aromatic hydroxyl groups is 1. The third-order valence-corrected chi connectivity index (χ3v) is 5.41. The van der Waals surface area contributed by atoms with Crippen LogP contribution >= 0.6 is 23.5 Å². The molecule has 0 saturated heterocycles. The number of hydrogen-bond acceptors (Lipinski definition) is 7. The number of phenols is 1. The van der Waals surface area contributed by atoms with Crippen LogP contribution in [0.1, 0.15) is 37.5 Å². The van der Waals surface area contributed by atoms with Crippen LogP contribution in [0.25, 0.3) is 0 Å². The van der Waals surface area contributed by atoms with Gasteiger partial charge in [-0.1, -0.05) is 32.9 Å². The summed E-state index contributed by atoms with van der Waals surface area (Å²) in [5.74, 6) is 1.41. The number of methoxy groups -OCH3 is 2. The van der Waals surface area contributed by atoms with Crippen LogP contribution in [0.15, 0.2) is 12.1 Å². The number of carbonyl (C=O) groups is 2. The van der Waals surface area contributed by atoms with E-state index in [0.717, 1.165) is 16.7 Å². The Bertz CT molecular complexity index is 608. The summed E-state index contributed by atoms with van der Waals surface area (Å²) in [4.78, 5) is 22.5. The van der Waals surface area contributed by atoms with E-state index < -0.39 is 0 Å². The fourth-order valence-electron chi connectivity index (χ4n) is 2.14. The van der Waals surface area contributed by atoms with Gasteiger partial charge in [0.05, 0.1) is 25.7 Å². The Morgan fingerprint density at radius 2 is 1.52 bits per heavy atom. The van der Waals surface area contributed by atoms with E-state index >= 15 is 0 Å². The second-order valence-corrected chi connectivity index (χ2v) is 8.51. The Morgan fingerprint density at radius 3 is 2.00 bits per heavy atom. The molecule has 0 saturated carbocycles. The highest BCUT2D eigenvalue weighted by molar-refractivity contribution is 7.99. The second kappa shape index (κ2) is 9.97. The highest BCUT2D eigenvalue weighted by atomic mass is 32.2. The molecule has 1 rings (SSSR count). The maximum absolute atomic E-state index is 11.3. The summed E-state index contributed by atoms with van der Waals surface area (Å²) < 4.78 is 9.29. The van der Waals surface area contributed by atoms with Gasteiger partial charge in [0.1, 0.15) is 5.75 Å². The van der Waals surface area contributed by atoms with Crippen molar-refractivity contribution < 1.29 is 24.2 Å². The predicted molar refractivity (Wildman–Crippen MR) is 103 cm³/mol. The smallest absolute Gasteiger partial charge is 0.315 e. The summed E-state index contributed by atoms with van der Waals surface area (Å²) in [5, 5.41) is 10.6. The number of phenolic OH excluding ortho intramolecular Hbond substituents is 1. The standard InChI is InChI=1S/C18H26O5S2/c1-18(2,3)14-7-12(8-24-10-15(19)22-4)6-13(17(14)21)9-25-11-16(20)23-5/h6-7,21H,8-11H2,1-5H3. The molecule has 0 bridgehead atoms. The van der Waals surface area contributed by atoms with Crippen LogP contribution in [0, 0.1) is 0 Å². The van der Waals surface area contributed by atoms with Gasteiger partial charge in [-0.2, -0.15) is 0 Å². The number of rotatable bonds is 8. The molecule has 1 aromatic carbocycles. The number of hydrogen-bond donors (Lipinski definition) is 1. The molecular weight excluding hydrogens is 360 g/mol. The molecule has 0 spiro atoms. The van der Waals surface area contributed by atoms with Gasteiger partial charge < -0.3 is 14.6 Å². The first kappa shape index (κ1) is 21.7. The molecule has 0 aliphatic rings. The number of carbonyl (C=O) groups excluding carboxylic acids is 2. The highest BCUT2D eigenvalue weighted by Crippen LogP contribution is 2.36. The fraction of sp³-hybridized carbons (Fsp3) is 0.556. The summed E-state index contributed by atoms with van der Waals surface area (Å²) >= 11 is 2.87. The Balaban J connectivity index is 2.95. The van der Waals surface area contributed by atoms with E-state index in [1.165, 1.54) is 37.7 Å². The van der Waals surface area contributed by atoms with E-state index in [1.807, 2.05) is 32.9 Å². The molecule has 25 heavy (non-hydrogen) atoms. The van der Waals surface area contributed by atoms with Crippen LogP contribution in [0.2, 0.25) is 0 Å². The molecule has 0 heterocycles. The molecule has 0 aliphatic carbocycles. The zero-order valence-corrected chi connectivity index (χ0v) is 17.0. The predicted octanol–water partition coefficient (Wildman–Crippen LogP) is 3.50. The SMILES string of the molecule is COC(=O)CSCc1cc(CSCC(=O)OC)c(O)c(C(C)(C)C)c1. The van der Waals surface area contributed by atoms with Gasteiger partial charge in [-0.3, -0.25) is 9.59 Å². The van der Waals surface area contributed by atoms with Crippen LogP contribution in [-0.2, 0) is 36.0 Å². The summed E-state index contributed by atoms with van der Waals surface area (Å²) in [6, 6.07) is 3.91. The number of thioether (sulfide) groups is 2. The minimum Gasteiger partial charge on any atom is -0.507 e. The Kier molecular flexibility index (Phi) is 8.65. The first-order chi connectivity index (χ1) is 11.7. The van der Waals surface area contributed by atoms with Gasteiger partial charge in [0, 0.05) is 17.1 Å². The second-order valence-electron chi connectivity index (χ2n) is 6.54. The summed E-state index contributed by atoms with van der Waals surface area (Å²) in [5.41, 5.74) is 2.46. The van der Waals surface area contributed by atoms with E-state index in [4.69, 9.17) is 0 Å². The van der Waals surface area contributed by atoms with Gasteiger partial charge >= 0.3 is 11.9 Å². The van der Waals surface area contributed by atoms with Crippen molar-refractivity contribution >= 4 is 35.5 Å². The Hall–Kier alpha value is -1.34. The largest absolute Gasteiger partial charge is 0.507 e. The molecule has 1 aromatic rings. The Morgan fingerprint density at radius 1 is 1.00 bits per heavy atom. The minimum atomic E-state index is -0.287. The third-order valence-electron chi connectivity index (χ3n) is 3.48. The summed E-state index contributed by atoms with van der Waals surface area (Å²) in [7, 11) is 2.73. The molecule has 7 heteroatoms. The lowest BCUT2D eigenvalue weighted by molar-refractivity contribution is -0.138. The monoisotopic (exact) mass is 386 g/mol. The van der Waals surface area contributed by atoms with Crippen molar-refractivity contribution in [3.8, 4) is 5.75 Å². The van der Waals surface area contributed by atoms with Crippen molar-refractivity contribution in [2.24, 2.45) is 0 Å². The van der Waals surface area contributed by atoms with E-state index in [2.05, 4.69) is 9.47 Å². The Labute approximate surface area is 157 Å². The number of esters is 2. The van der Waals surface area contributed by atoms with Gasteiger partial charge in [0.15, 0.2) is 0 Å². The van der Waals surface area contributed by atoms with E-state index in [-0.39, 0.29) is 34.6 Å². The lowest BCUT2D eigenvalue weighted by Crippen LogP contribution is -2.13. The third kappa shape index (κ3) is 7.20. The zero-order chi connectivity index (χ0) is 19.0. The molecule has 5 nitrogen and oxygen atoms in total. The molecule has 0 atom stereocenters. The van der Waals surface area contributed by atoms with Gasteiger partial charge in [0.2, 0.25) is 0 Å². The van der Waals surface area contributed by atoms with E-state index in [9.17, 15) is 14.7 Å².